The van der Waals surface area contributed by atoms with E-state index in [2.05, 4.69) is 10.6 Å². The van der Waals surface area contributed by atoms with Crippen LogP contribution in [0.1, 0.15) is 122 Å². The number of hydrogen-bond acceptors (Lipinski definition) is 2. The van der Waals surface area contributed by atoms with Crippen molar-refractivity contribution in [1.29, 1.82) is 0 Å². The summed E-state index contributed by atoms with van der Waals surface area (Å²) in [5.41, 5.74) is 0. The molecule has 4 rings (SSSR count). The predicted octanol–water partition coefficient (Wildman–Crippen LogP) is 6.83. The Balaban J connectivity index is 1.08. The molecule has 29 heavy (non-hydrogen) atoms. The number of hydrogen-bond donors (Lipinski definition) is 2. The molecule has 0 bridgehead atoms. The number of rotatable bonds is 8. The van der Waals surface area contributed by atoms with E-state index in [0.29, 0.717) is 0 Å². The molecule has 168 valence electrons. The van der Waals surface area contributed by atoms with Crippen LogP contribution in [0.4, 0.5) is 0 Å². The maximum absolute atomic E-state index is 3.95. The lowest BCUT2D eigenvalue weighted by molar-refractivity contribution is 0.168. The molecule has 4 unspecified atom stereocenters. The Labute approximate surface area is 181 Å². The summed E-state index contributed by atoms with van der Waals surface area (Å²) in [5, 5.41) is 7.90. The Morgan fingerprint density at radius 2 is 0.828 bits per heavy atom. The number of nitrogens with one attached hydrogen (secondary N) is 2. The molecule has 0 aromatic carbocycles. The van der Waals surface area contributed by atoms with E-state index in [-0.39, 0.29) is 0 Å². The highest BCUT2D eigenvalue weighted by molar-refractivity contribution is 4.85. The van der Waals surface area contributed by atoms with Crippen molar-refractivity contribution in [3.05, 3.63) is 0 Å². The lowest BCUT2D eigenvalue weighted by Crippen LogP contribution is -2.40. The van der Waals surface area contributed by atoms with E-state index >= 15 is 0 Å². The summed E-state index contributed by atoms with van der Waals surface area (Å²) < 4.78 is 0. The molecule has 0 aliphatic heterocycles. The molecule has 0 spiro atoms. The normalized spacial score (nSPS) is 35.6. The van der Waals surface area contributed by atoms with Gasteiger partial charge in [0.15, 0.2) is 0 Å². The maximum atomic E-state index is 3.95. The van der Waals surface area contributed by atoms with Gasteiger partial charge in [0.1, 0.15) is 0 Å². The molecule has 0 radical (unpaired) electrons. The second-order valence-electron chi connectivity index (χ2n) is 11.3. The van der Waals surface area contributed by atoms with Gasteiger partial charge in [-0.15, -0.1) is 0 Å². The fourth-order valence-corrected chi connectivity index (χ4v) is 7.59. The predicted molar refractivity (Wildman–Crippen MR) is 125 cm³/mol. The highest BCUT2D eigenvalue weighted by atomic mass is 14.9. The molecule has 4 atom stereocenters. The van der Waals surface area contributed by atoms with Crippen molar-refractivity contribution in [2.45, 2.75) is 134 Å². The van der Waals surface area contributed by atoms with Crippen LogP contribution in [0.2, 0.25) is 0 Å². The summed E-state index contributed by atoms with van der Waals surface area (Å²) in [6.07, 6.45) is 28.3. The van der Waals surface area contributed by atoms with Gasteiger partial charge in [0, 0.05) is 12.1 Å². The van der Waals surface area contributed by atoms with Crippen molar-refractivity contribution in [2.75, 3.05) is 13.1 Å². The van der Waals surface area contributed by atoms with Gasteiger partial charge in [0.25, 0.3) is 0 Å². The Hall–Kier alpha value is -0.0800. The van der Waals surface area contributed by atoms with Gasteiger partial charge in [-0.05, 0) is 68.9 Å². The van der Waals surface area contributed by atoms with E-state index < -0.39 is 0 Å². The van der Waals surface area contributed by atoms with Crippen molar-refractivity contribution >= 4 is 0 Å². The Morgan fingerprint density at radius 3 is 1.28 bits per heavy atom. The maximum Gasteiger partial charge on any atom is 0.00698 e. The quantitative estimate of drug-likeness (QED) is 0.435. The Bertz CT molecular complexity index is 398. The van der Waals surface area contributed by atoms with Crippen LogP contribution in [0.5, 0.6) is 0 Å². The summed E-state index contributed by atoms with van der Waals surface area (Å²) in [5.74, 6) is 4.22. The molecule has 2 nitrogen and oxygen atoms in total. The Morgan fingerprint density at radius 1 is 0.414 bits per heavy atom. The summed E-state index contributed by atoms with van der Waals surface area (Å²) in [4.78, 5) is 0. The molecule has 2 heteroatoms. The molecular weight excluding hydrogens is 352 g/mol. The molecule has 4 fully saturated rings. The standard InChI is InChI=1S/C27H50N2/c1-3-10-22(11-4-1)24-14-7-16-26(20-24)28-18-9-19-29-27-17-8-15-25(21-27)23-12-5-2-6-13-23/h22-29H,1-21H2. The third-order valence-electron chi connectivity index (χ3n) is 9.28. The third kappa shape index (κ3) is 6.96. The Kier molecular flexibility index (Phi) is 9.22. The molecule has 0 heterocycles. The molecule has 4 aliphatic rings. The lowest BCUT2D eigenvalue weighted by atomic mass is 9.72. The van der Waals surface area contributed by atoms with Crippen molar-refractivity contribution in [2.24, 2.45) is 23.7 Å². The van der Waals surface area contributed by atoms with E-state index in [1.807, 2.05) is 0 Å². The SMILES string of the molecule is C1CCC(C2CCCC(NCCCNC3CCCC(C4CCCCC4)C3)C2)CC1. The molecule has 2 N–H and O–H groups in total. The van der Waals surface area contributed by atoms with Gasteiger partial charge in [0.05, 0.1) is 0 Å². The fourth-order valence-electron chi connectivity index (χ4n) is 7.59. The first-order valence-electron chi connectivity index (χ1n) is 13.9. The average molecular weight is 403 g/mol. The van der Waals surface area contributed by atoms with Crippen LogP contribution in [-0.4, -0.2) is 25.2 Å². The summed E-state index contributed by atoms with van der Waals surface area (Å²) in [6, 6.07) is 1.64. The van der Waals surface area contributed by atoms with Gasteiger partial charge in [-0.1, -0.05) is 89.9 Å². The van der Waals surface area contributed by atoms with Gasteiger partial charge in [-0.2, -0.15) is 0 Å². The van der Waals surface area contributed by atoms with Crippen molar-refractivity contribution in [1.82, 2.24) is 10.6 Å². The van der Waals surface area contributed by atoms with Crippen molar-refractivity contribution in [3.63, 3.8) is 0 Å². The van der Waals surface area contributed by atoms with Gasteiger partial charge in [-0.25, -0.2) is 0 Å². The minimum atomic E-state index is 0.820. The van der Waals surface area contributed by atoms with Gasteiger partial charge < -0.3 is 10.6 Å². The van der Waals surface area contributed by atoms with Gasteiger partial charge in [0.2, 0.25) is 0 Å². The second-order valence-corrected chi connectivity index (χ2v) is 11.3. The zero-order valence-electron chi connectivity index (χ0n) is 19.3. The van der Waals surface area contributed by atoms with E-state index in [1.54, 1.807) is 0 Å². The van der Waals surface area contributed by atoms with E-state index in [0.717, 1.165) is 35.8 Å². The molecule has 4 aliphatic carbocycles. The zero-order valence-corrected chi connectivity index (χ0v) is 19.3. The topological polar surface area (TPSA) is 24.1 Å². The average Bonchev–Trinajstić information content (AvgIpc) is 2.80. The molecule has 0 aromatic rings. The second kappa shape index (κ2) is 12.1. The molecule has 4 saturated carbocycles. The smallest absolute Gasteiger partial charge is 0.00698 e. The first-order valence-corrected chi connectivity index (χ1v) is 13.9. The van der Waals surface area contributed by atoms with Crippen LogP contribution >= 0.6 is 0 Å². The monoisotopic (exact) mass is 402 g/mol. The van der Waals surface area contributed by atoms with E-state index in [4.69, 9.17) is 0 Å². The molecule has 0 saturated heterocycles. The van der Waals surface area contributed by atoms with Gasteiger partial charge in [-0.3, -0.25) is 0 Å². The summed E-state index contributed by atoms with van der Waals surface area (Å²) >= 11 is 0. The highest BCUT2D eigenvalue weighted by Crippen LogP contribution is 2.39. The van der Waals surface area contributed by atoms with Crippen LogP contribution in [0.3, 0.4) is 0 Å². The zero-order chi connectivity index (χ0) is 19.7. The third-order valence-corrected chi connectivity index (χ3v) is 9.28. The van der Waals surface area contributed by atoms with Crippen LogP contribution in [0.25, 0.3) is 0 Å². The van der Waals surface area contributed by atoms with E-state index in [9.17, 15) is 0 Å². The van der Waals surface area contributed by atoms with Crippen molar-refractivity contribution < 1.29 is 0 Å². The van der Waals surface area contributed by atoms with Crippen LogP contribution in [0.15, 0.2) is 0 Å². The summed E-state index contributed by atoms with van der Waals surface area (Å²) in [6.45, 7) is 2.46. The minimum absolute atomic E-state index is 0.820. The van der Waals surface area contributed by atoms with Crippen LogP contribution < -0.4 is 10.6 Å². The molecule has 0 amide bonds. The van der Waals surface area contributed by atoms with Gasteiger partial charge >= 0.3 is 0 Å². The molecule has 0 aromatic heterocycles. The van der Waals surface area contributed by atoms with Crippen LogP contribution in [-0.2, 0) is 0 Å². The summed E-state index contributed by atoms with van der Waals surface area (Å²) in [7, 11) is 0. The highest BCUT2D eigenvalue weighted by Gasteiger charge is 2.30. The first-order chi connectivity index (χ1) is 14.4. The largest absolute Gasteiger partial charge is 0.314 e. The first kappa shape index (κ1) is 22.1. The van der Waals surface area contributed by atoms with Crippen LogP contribution in [0, 0.1) is 23.7 Å². The lowest BCUT2D eigenvalue weighted by Gasteiger charge is -2.37. The van der Waals surface area contributed by atoms with Crippen molar-refractivity contribution in [3.8, 4) is 0 Å². The van der Waals surface area contributed by atoms with E-state index in [1.165, 1.54) is 135 Å². The minimum Gasteiger partial charge on any atom is -0.314 e. The molecular formula is C27H50N2. The fraction of sp³-hybridized carbons (Fsp3) is 1.00.